The lowest BCUT2D eigenvalue weighted by atomic mass is 10.1. The third kappa shape index (κ3) is 4.12. The number of hydrogen-bond donors (Lipinski definition) is 1. The van der Waals surface area contributed by atoms with Gasteiger partial charge >= 0.3 is 5.97 Å². The number of carbonyl (C=O) groups is 2. The molecule has 4 heteroatoms. The van der Waals surface area contributed by atoms with Crippen molar-refractivity contribution in [3.8, 4) is 5.75 Å². The van der Waals surface area contributed by atoms with Gasteiger partial charge in [-0.25, -0.2) is 4.79 Å². The molecule has 0 aliphatic carbocycles. The Morgan fingerprint density at radius 3 is 2.12 bits per heavy atom. The van der Waals surface area contributed by atoms with Crippen LogP contribution in [0, 0.1) is 6.92 Å². The van der Waals surface area contributed by atoms with E-state index in [1.54, 1.807) is 48.5 Å². The van der Waals surface area contributed by atoms with Crippen molar-refractivity contribution in [1.29, 1.82) is 0 Å². The number of hydrogen-bond acceptors (Lipinski definition) is 3. The number of amides is 1. The minimum Gasteiger partial charge on any atom is -0.423 e. The molecule has 0 bridgehead atoms. The fourth-order valence-electron chi connectivity index (χ4n) is 2.36. The lowest BCUT2D eigenvalue weighted by Crippen LogP contribution is -2.12. The summed E-state index contributed by atoms with van der Waals surface area (Å²) < 4.78 is 5.37. The van der Waals surface area contributed by atoms with Crippen LogP contribution < -0.4 is 10.1 Å². The summed E-state index contributed by atoms with van der Waals surface area (Å²) in [6.45, 7) is 1.86. The predicted octanol–water partition coefficient (Wildman–Crippen LogP) is 4.47. The molecule has 3 aromatic carbocycles. The molecule has 0 aromatic heterocycles. The van der Waals surface area contributed by atoms with Crippen LogP contribution in [0.3, 0.4) is 0 Å². The zero-order valence-corrected chi connectivity index (χ0v) is 13.7. The highest BCUT2D eigenvalue weighted by atomic mass is 16.5. The molecule has 0 spiro atoms. The summed E-state index contributed by atoms with van der Waals surface area (Å²) in [5.41, 5.74) is 2.60. The topological polar surface area (TPSA) is 55.4 Å². The maximum absolute atomic E-state index is 12.2. The zero-order chi connectivity index (χ0) is 17.6. The first-order valence-electron chi connectivity index (χ1n) is 7.88. The largest absolute Gasteiger partial charge is 0.423 e. The van der Waals surface area contributed by atoms with Crippen LogP contribution in [0.4, 0.5) is 5.69 Å². The lowest BCUT2D eigenvalue weighted by Gasteiger charge is -2.08. The molecule has 0 fully saturated rings. The van der Waals surface area contributed by atoms with Gasteiger partial charge in [-0.2, -0.15) is 0 Å². The Morgan fingerprint density at radius 2 is 1.44 bits per heavy atom. The van der Waals surface area contributed by atoms with Gasteiger partial charge in [0.05, 0.1) is 5.56 Å². The minimum absolute atomic E-state index is 0.190. The van der Waals surface area contributed by atoms with E-state index >= 15 is 0 Å². The van der Waals surface area contributed by atoms with Crippen LogP contribution in [0.5, 0.6) is 5.75 Å². The van der Waals surface area contributed by atoms with Crippen molar-refractivity contribution < 1.29 is 14.3 Å². The molecule has 0 unspecified atom stereocenters. The highest BCUT2D eigenvalue weighted by Crippen LogP contribution is 2.18. The molecule has 0 radical (unpaired) electrons. The van der Waals surface area contributed by atoms with Gasteiger partial charge in [0.2, 0.25) is 0 Å². The number of benzene rings is 3. The van der Waals surface area contributed by atoms with Crippen molar-refractivity contribution in [2.75, 3.05) is 5.32 Å². The number of esters is 1. The smallest absolute Gasteiger partial charge is 0.343 e. The van der Waals surface area contributed by atoms with Gasteiger partial charge in [-0.05, 0) is 55.0 Å². The van der Waals surface area contributed by atoms with Crippen LogP contribution in [0.2, 0.25) is 0 Å². The molecule has 124 valence electrons. The molecule has 0 heterocycles. The third-order valence-corrected chi connectivity index (χ3v) is 3.72. The van der Waals surface area contributed by atoms with Crippen LogP contribution in [-0.4, -0.2) is 11.9 Å². The number of nitrogens with one attached hydrogen (secondary N) is 1. The van der Waals surface area contributed by atoms with Crippen molar-refractivity contribution in [2.24, 2.45) is 0 Å². The fraction of sp³-hybridized carbons (Fsp3) is 0.0476. The van der Waals surface area contributed by atoms with Crippen LogP contribution in [0.25, 0.3) is 0 Å². The summed E-state index contributed by atoms with van der Waals surface area (Å²) in [5.74, 6) is -0.171. The molecule has 0 aliphatic rings. The second kappa shape index (κ2) is 7.45. The molecule has 1 amide bonds. The first-order chi connectivity index (χ1) is 12.1. The number of aryl methyl sites for hydroxylation is 1. The van der Waals surface area contributed by atoms with Gasteiger partial charge in [0.1, 0.15) is 5.75 Å². The summed E-state index contributed by atoms with van der Waals surface area (Å²) in [5, 5.41) is 2.80. The maximum atomic E-state index is 12.2. The van der Waals surface area contributed by atoms with Crippen LogP contribution in [0.1, 0.15) is 26.3 Å². The SMILES string of the molecule is Cc1ccccc1C(=O)Oc1ccc(NC(=O)c2ccccc2)cc1. The second-order valence-corrected chi connectivity index (χ2v) is 5.55. The van der Waals surface area contributed by atoms with Gasteiger partial charge in [-0.3, -0.25) is 4.79 Å². The molecular weight excluding hydrogens is 314 g/mol. The van der Waals surface area contributed by atoms with Crippen LogP contribution in [0.15, 0.2) is 78.9 Å². The summed E-state index contributed by atoms with van der Waals surface area (Å²) in [6, 6.07) is 22.9. The minimum atomic E-state index is -0.404. The normalized spacial score (nSPS) is 10.1. The van der Waals surface area contributed by atoms with E-state index in [2.05, 4.69) is 5.32 Å². The summed E-state index contributed by atoms with van der Waals surface area (Å²) in [7, 11) is 0. The molecule has 25 heavy (non-hydrogen) atoms. The Morgan fingerprint density at radius 1 is 0.800 bits per heavy atom. The van der Waals surface area contributed by atoms with E-state index in [0.29, 0.717) is 22.6 Å². The quantitative estimate of drug-likeness (QED) is 0.567. The molecule has 1 N–H and O–H groups in total. The van der Waals surface area contributed by atoms with Crippen LogP contribution in [-0.2, 0) is 0 Å². The van der Waals surface area contributed by atoms with Crippen molar-refractivity contribution in [3.63, 3.8) is 0 Å². The van der Waals surface area contributed by atoms with Crippen molar-refractivity contribution >= 4 is 17.6 Å². The molecule has 0 saturated carbocycles. The summed E-state index contributed by atoms with van der Waals surface area (Å²) in [4.78, 5) is 24.3. The average Bonchev–Trinajstić information content (AvgIpc) is 2.64. The molecule has 4 nitrogen and oxygen atoms in total. The fourth-order valence-corrected chi connectivity index (χ4v) is 2.36. The van der Waals surface area contributed by atoms with Crippen LogP contribution >= 0.6 is 0 Å². The van der Waals surface area contributed by atoms with E-state index in [9.17, 15) is 9.59 Å². The maximum Gasteiger partial charge on any atom is 0.343 e. The Hall–Kier alpha value is -3.40. The van der Waals surface area contributed by atoms with Gasteiger partial charge < -0.3 is 10.1 Å². The first kappa shape index (κ1) is 16.5. The van der Waals surface area contributed by atoms with E-state index in [1.807, 2.05) is 37.3 Å². The number of ether oxygens (including phenoxy) is 1. The van der Waals surface area contributed by atoms with Crippen molar-refractivity contribution in [2.45, 2.75) is 6.92 Å². The monoisotopic (exact) mass is 331 g/mol. The lowest BCUT2D eigenvalue weighted by molar-refractivity contribution is 0.0733. The molecular formula is C21H17NO3. The van der Waals surface area contributed by atoms with Crippen molar-refractivity contribution in [1.82, 2.24) is 0 Å². The highest BCUT2D eigenvalue weighted by Gasteiger charge is 2.11. The second-order valence-electron chi connectivity index (χ2n) is 5.55. The molecule has 0 saturated heterocycles. The van der Waals surface area contributed by atoms with Gasteiger partial charge in [-0.1, -0.05) is 36.4 Å². The molecule has 0 aliphatic heterocycles. The van der Waals surface area contributed by atoms with Gasteiger partial charge in [0.15, 0.2) is 0 Å². The number of carbonyl (C=O) groups excluding carboxylic acids is 2. The number of anilines is 1. The van der Waals surface area contributed by atoms with Gasteiger partial charge in [0, 0.05) is 11.3 Å². The third-order valence-electron chi connectivity index (χ3n) is 3.72. The van der Waals surface area contributed by atoms with E-state index in [0.717, 1.165) is 5.56 Å². The number of rotatable bonds is 4. The molecule has 3 rings (SSSR count). The van der Waals surface area contributed by atoms with Gasteiger partial charge in [0.25, 0.3) is 5.91 Å². The Bertz CT molecular complexity index is 887. The first-order valence-corrected chi connectivity index (χ1v) is 7.88. The van der Waals surface area contributed by atoms with E-state index in [1.165, 1.54) is 0 Å². The van der Waals surface area contributed by atoms with E-state index in [4.69, 9.17) is 4.74 Å². The Balaban J connectivity index is 1.65. The standard InChI is InChI=1S/C21H17NO3/c1-15-7-5-6-10-19(15)21(24)25-18-13-11-17(12-14-18)22-20(23)16-8-3-2-4-9-16/h2-14H,1H3,(H,22,23). The molecule has 3 aromatic rings. The highest BCUT2D eigenvalue weighted by molar-refractivity contribution is 6.04. The average molecular weight is 331 g/mol. The zero-order valence-electron chi connectivity index (χ0n) is 13.7. The van der Waals surface area contributed by atoms with Crippen molar-refractivity contribution in [3.05, 3.63) is 95.6 Å². The van der Waals surface area contributed by atoms with E-state index in [-0.39, 0.29) is 5.91 Å². The Kier molecular flexibility index (Phi) is 4.90. The predicted molar refractivity (Wildman–Crippen MR) is 97.0 cm³/mol. The van der Waals surface area contributed by atoms with Gasteiger partial charge in [-0.15, -0.1) is 0 Å². The Labute approximate surface area is 146 Å². The molecule has 0 atom stereocenters. The van der Waals surface area contributed by atoms with E-state index < -0.39 is 5.97 Å². The summed E-state index contributed by atoms with van der Waals surface area (Å²) in [6.07, 6.45) is 0. The summed E-state index contributed by atoms with van der Waals surface area (Å²) >= 11 is 0.